The van der Waals surface area contributed by atoms with Gasteiger partial charge in [0.15, 0.2) is 0 Å². The minimum Gasteiger partial charge on any atom is -0.381 e. The molecule has 1 unspecified atom stereocenters. The van der Waals surface area contributed by atoms with Crippen LogP contribution in [0.2, 0.25) is 0 Å². The van der Waals surface area contributed by atoms with Crippen LogP contribution in [0.1, 0.15) is 42.9 Å². The molecule has 0 saturated carbocycles. The first-order valence-corrected chi connectivity index (χ1v) is 9.70. The molecule has 4 nitrogen and oxygen atoms in total. The SMILES string of the molecule is CSC1(CNC(=O)NC2CCCc3ccccc32)CCOCC1. The number of carbonyl (C=O) groups is 1. The molecule has 0 bridgehead atoms. The summed E-state index contributed by atoms with van der Waals surface area (Å²) in [5.74, 6) is 0. The van der Waals surface area contributed by atoms with Gasteiger partial charge in [-0.15, -0.1) is 0 Å². The van der Waals surface area contributed by atoms with Crippen LogP contribution in [0, 0.1) is 0 Å². The molecule has 1 saturated heterocycles. The van der Waals surface area contributed by atoms with E-state index in [4.69, 9.17) is 4.74 Å². The summed E-state index contributed by atoms with van der Waals surface area (Å²) in [6, 6.07) is 8.54. The van der Waals surface area contributed by atoms with Crippen molar-refractivity contribution in [2.75, 3.05) is 26.0 Å². The smallest absolute Gasteiger partial charge is 0.315 e. The van der Waals surface area contributed by atoms with Crippen LogP contribution in [0.4, 0.5) is 4.79 Å². The van der Waals surface area contributed by atoms with Gasteiger partial charge in [-0.05, 0) is 49.5 Å². The number of urea groups is 1. The van der Waals surface area contributed by atoms with Gasteiger partial charge < -0.3 is 15.4 Å². The molecule has 1 fully saturated rings. The molecule has 23 heavy (non-hydrogen) atoms. The lowest BCUT2D eigenvalue weighted by Gasteiger charge is -2.36. The molecule has 126 valence electrons. The Morgan fingerprint density at radius 3 is 2.91 bits per heavy atom. The second-order valence-corrected chi connectivity index (χ2v) is 7.74. The molecule has 1 aliphatic carbocycles. The predicted molar refractivity (Wildman–Crippen MR) is 95.0 cm³/mol. The highest BCUT2D eigenvalue weighted by atomic mass is 32.2. The van der Waals surface area contributed by atoms with E-state index < -0.39 is 0 Å². The molecule has 5 heteroatoms. The van der Waals surface area contributed by atoms with Crippen molar-refractivity contribution in [3.63, 3.8) is 0 Å². The average Bonchev–Trinajstić information content (AvgIpc) is 2.61. The van der Waals surface area contributed by atoms with Gasteiger partial charge in [-0.1, -0.05) is 24.3 Å². The van der Waals surface area contributed by atoms with Gasteiger partial charge >= 0.3 is 6.03 Å². The maximum Gasteiger partial charge on any atom is 0.315 e. The maximum atomic E-state index is 12.4. The van der Waals surface area contributed by atoms with E-state index in [0.29, 0.717) is 6.54 Å². The fourth-order valence-electron chi connectivity index (χ4n) is 3.55. The number of fused-ring (bicyclic) bond motifs is 1. The molecule has 2 N–H and O–H groups in total. The van der Waals surface area contributed by atoms with E-state index in [1.54, 1.807) is 0 Å². The Hall–Kier alpha value is -1.20. The molecule has 1 aromatic rings. The second kappa shape index (κ2) is 7.58. The van der Waals surface area contributed by atoms with Crippen molar-refractivity contribution >= 4 is 17.8 Å². The number of hydrogen-bond acceptors (Lipinski definition) is 3. The highest BCUT2D eigenvalue weighted by Crippen LogP contribution is 2.33. The summed E-state index contributed by atoms with van der Waals surface area (Å²) in [4.78, 5) is 12.4. The minimum absolute atomic E-state index is 0.0494. The van der Waals surface area contributed by atoms with E-state index >= 15 is 0 Å². The maximum absolute atomic E-state index is 12.4. The van der Waals surface area contributed by atoms with E-state index in [9.17, 15) is 4.79 Å². The standard InChI is InChI=1S/C18H26N2O2S/c1-23-18(9-11-22-12-10-18)13-19-17(21)20-16-8-4-6-14-5-2-3-7-15(14)16/h2-3,5,7,16H,4,6,8-13H2,1H3,(H2,19,20,21). The number of ether oxygens (including phenoxy) is 1. The van der Waals surface area contributed by atoms with Crippen LogP contribution in [0.3, 0.4) is 0 Å². The number of amides is 2. The summed E-state index contributed by atoms with van der Waals surface area (Å²) < 4.78 is 5.58. The van der Waals surface area contributed by atoms with Crippen molar-refractivity contribution in [1.82, 2.24) is 10.6 Å². The van der Waals surface area contributed by atoms with E-state index in [2.05, 4.69) is 41.2 Å². The third kappa shape index (κ3) is 4.01. The fourth-order valence-corrected chi connectivity index (χ4v) is 4.34. The molecule has 1 heterocycles. The monoisotopic (exact) mass is 334 g/mol. The largest absolute Gasteiger partial charge is 0.381 e. The van der Waals surface area contributed by atoms with E-state index in [-0.39, 0.29) is 16.8 Å². The Balaban J connectivity index is 1.56. The number of thioether (sulfide) groups is 1. The van der Waals surface area contributed by atoms with Gasteiger partial charge in [0.2, 0.25) is 0 Å². The molecular weight excluding hydrogens is 308 g/mol. The Bertz CT molecular complexity index is 544. The van der Waals surface area contributed by atoms with Crippen LogP contribution >= 0.6 is 11.8 Å². The first-order chi connectivity index (χ1) is 11.2. The van der Waals surface area contributed by atoms with Crippen LogP contribution in [0.25, 0.3) is 0 Å². The van der Waals surface area contributed by atoms with E-state index in [1.165, 1.54) is 11.1 Å². The van der Waals surface area contributed by atoms with Gasteiger partial charge in [0.1, 0.15) is 0 Å². The fraction of sp³-hybridized carbons (Fsp3) is 0.611. The Morgan fingerprint density at radius 2 is 2.13 bits per heavy atom. The van der Waals surface area contributed by atoms with Crippen LogP contribution in [-0.2, 0) is 11.2 Å². The first-order valence-electron chi connectivity index (χ1n) is 8.47. The molecule has 1 aliphatic heterocycles. The topological polar surface area (TPSA) is 50.4 Å². The predicted octanol–water partition coefficient (Wildman–Crippen LogP) is 3.28. The summed E-state index contributed by atoms with van der Waals surface area (Å²) in [6.07, 6.45) is 7.40. The summed E-state index contributed by atoms with van der Waals surface area (Å²) in [5, 5.41) is 6.26. The molecular formula is C18H26N2O2S. The van der Waals surface area contributed by atoms with Crippen molar-refractivity contribution in [2.45, 2.75) is 42.9 Å². The Morgan fingerprint density at radius 1 is 1.35 bits per heavy atom. The zero-order valence-electron chi connectivity index (χ0n) is 13.8. The lowest BCUT2D eigenvalue weighted by Crippen LogP contribution is -2.48. The lowest BCUT2D eigenvalue weighted by molar-refractivity contribution is 0.0777. The summed E-state index contributed by atoms with van der Waals surface area (Å²) in [6.45, 7) is 2.29. The van der Waals surface area contributed by atoms with Gasteiger partial charge in [0.05, 0.1) is 6.04 Å². The molecule has 0 radical (unpaired) electrons. The van der Waals surface area contributed by atoms with Crippen molar-refractivity contribution in [3.05, 3.63) is 35.4 Å². The molecule has 2 aliphatic rings. The molecule has 3 rings (SSSR count). The minimum atomic E-state index is -0.0494. The quantitative estimate of drug-likeness (QED) is 0.888. The molecule has 1 atom stereocenters. The van der Waals surface area contributed by atoms with Crippen molar-refractivity contribution in [1.29, 1.82) is 0 Å². The zero-order valence-corrected chi connectivity index (χ0v) is 14.6. The number of hydrogen-bond donors (Lipinski definition) is 2. The normalized spacial score (nSPS) is 22.9. The van der Waals surface area contributed by atoms with Crippen molar-refractivity contribution in [3.8, 4) is 0 Å². The molecule has 1 aromatic carbocycles. The lowest BCUT2D eigenvalue weighted by atomic mass is 9.88. The Labute approximate surface area is 142 Å². The van der Waals surface area contributed by atoms with E-state index in [0.717, 1.165) is 45.3 Å². The van der Waals surface area contributed by atoms with Crippen LogP contribution in [0.5, 0.6) is 0 Å². The average molecular weight is 334 g/mol. The van der Waals surface area contributed by atoms with Gasteiger partial charge in [-0.2, -0.15) is 11.8 Å². The third-order valence-corrected chi connectivity index (χ3v) is 6.50. The van der Waals surface area contributed by atoms with Crippen LogP contribution in [-0.4, -0.2) is 36.8 Å². The highest BCUT2D eigenvalue weighted by Gasteiger charge is 2.32. The highest BCUT2D eigenvalue weighted by molar-refractivity contribution is 8.00. The summed E-state index contributed by atoms with van der Waals surface area (Å²) >= 11 is 1.85. The number of aryl methyl sites for hydroxylation is 1. The van der Waals surface area contributed by atoms with Crippen LogP contribution < -0.4 is 10.6 Å². The van der Waals surface area contributed by atoms with Gasteiger partial charge in [-0.25, -0.2) is 4.79 Å². The molecule has 2 amide bonds. The molecule has 0 aromatic heterocycles. The van der Waals surface area contributed by atoms with Gasteiger partial charge in [0, 0.05) is 24.5 Å². The number of rotatable bonds is 4. The van der Waals surface area contributed by atoms with Crippen molar-refractivity contribution < 1.29 is 9.53 Å². The summed E-state index contributed by atoms with van der Waals surface area (Å²) in [7, 11) is 0. The van der Waals surface area contributed by atoms with Crippen LogP contribution in [0.15, 0.2) is 24.3 Å². The second-order valence-electron chi connectivity index (χ2n) is 6.47. The zero-order chi connectivity index (χ0) is 16.1. The number of nitrogens with one attached hydrogen (secondary N) is 2. The van der Waals surface area contributed by atoms with E-state index in [1.807, 2.05) is 11.8 Å². The third-order valence-electron chi connectivity index (χ3n) is 5.08. The Kier molecular flexibility index (Phi) is 5.49. The number of benzene rings is 1. The van der Waals surface area contributed by atoms with Gasteiger partial charge in [-0.3, -0.25) is 0 Å². The molecule has 0 spiro atoms. The first kappa shape index (κ1) is 16.7. The van der Waals surface area contributed by atoms with Gasteiger partial charge in [0.25, 0.3) is 0 Å². The summed E-state index contributed by atoms with van der Waals surface area (Å²) in [5.41, 5.74) is 2.65. The number of carbonyl (C=O) groups excluding carboxylic acids is 1. The van der Waals surface area contributed by atoms with Crippen molar-refractivity contribution in [2.24, 2.45) is 0 Å².